The molecule has 3 heterocycles. The van der Waals surface area contributed by atoms with Gasteiger partial charge in [-0.05, 0) is 84.8 Å². The maximum absolute atomic E-state index is 15.9. The number of amides is 3. The smallest absolute Gasteiger partial charge is 0.401 e. The molecule has 0 spiro atoms. The van der Waals surface area contributed by atoms with E-state index in [1.807, 2.05) is 55.5 Å². The number of unbranched alkanes of at least 4 members (excludes halogenated alkanes) is 2. The Morgan fingerprint density at radius 1 is 0.985 bits per heavy atom. The first-order chi connectivity index (χ1) is 31.8. The van der Waals surface area contributed by atoms with Crippen molar-refractivity contribution in [1.82, 2.24) is 25.4 Å². The second kappa shape index (κ2) is 21.0. The number of fused-ring (bicyclic) bond motifs is 2. The van der Waals surface area contributed by atoms with Crippen molar-refractivity contribution < 1.29 is 50.9 Å². The summed E-state index contributed by atoms with van der Waals surface area (Å²) in [5, 5.41) is 16.2. The van der Waals surface area contributed by atoms with E-state index in [9.17, 15) is 32.7 Å². The normalized spacial score (nSPS) is 20.1. The first-order valence-corrected chi connectivity index (χ1v) is 23.5. The third-order valence-corrected chi connectivity index (χ3v) is 13.7. The van der Waals surface area contributed by atoms with Crippen LogP contribution in [0.15, 0.2) is 71.7 Å². The highest BCUT2D eigenvalue weighted by Crippen LogP contribution is 2.50. The Balaban J connectivity index is 0.860. The van der Waals surface area contributed by atoms with Crippen LogP contribution in [0.5, 0.6) is 5.75 Å². The molecule has 0 radical (unpaired) electrons. The number of aryl methyl sites for hydroxylation is 1. The molecule has 0 unspecified atom stereocenters. The summed E-state index contributed by atoms with van der Waals surface area (Å²) in [5.74, 6) is -3.47. The number of thiazole rings is 1. The van der Waals surface area contributed by atoms with E-state index in [0.29, 0.717) is 37.7 Å². The number of benzene rings is 3. The molecule has 1 fully saturated rings. The molecular weight excluding hydrogens is 894 g/mol. The van der Waals surface area contributed by atoms with Gasteiger partial charge in [-0.25, -0.2) is 13.8 Å². The third kappa shape index (κ3) is 11.9. The van der Waals surface area contributed by atoms with Gasteiger partial charge in [-0.2, -0.15) is 13.2 Å². The molecule has 360 valence electrons. The summed E-state index contributed by atoms with van der Waals surface area (Å²) in [5.41, 5.74) is 6.69. The Bertz CT molecular complexity index is 2430. The lowest BCUT2D eigenvalue weighted by Crippen LogP contribution is -2.58. The molecule has 17 heteroatoms. The number of carbonyl (C=O) groups excluding carboxylic acids is 3. The predicted molar refractivity (Wildman–Crippen MR) is 245 cm³/mol. The molecule has 3 amide bonds. The van der Waals surface area contributed by atoms with Crippen LogP contribution in [0, 0.1) is 24.0 Å². The largest absolute Gasteiger partial charge is 0.493 e. The zero-order chi connectivity index (χ0) is 48.2. The van der Waals surface area contributed by atoms with Gasteiger partial charge in [-0.3, -0.25) is 19.3 Å². The minimum Gasteiger partial charge on any atom is -0.493 e. The Kier molecular flexibility index (Phi) is 15.5. The summed E-state index contributed by atoms with van der Waals surface area (Å²) >= 11 is 1.55. The van der Waals surface area contributed by atoms with Crippen molar-refractivity contribution in [2.24, 2.45) is 5.41 Å². The van der Waals surface area contributed by atoms with E-state index in [2.05, 4.69) is 15.6 Å². The lowest BCUT2D eigenvalue weighted by atomic mass is 9.84. The van der Waals surface area contributed by atoms with Crippen molar-refractivity contribution in [3.8, 4) is 16.2 Å². The van der Waals surface area contributed by atoms with Gasteiger partial charge >= 0.3 is 6.18 Å². The number of likely N-dealkylation sites (tertiary alicyclic amines) is 1. The number of aliphatic hydroxyl groups excluding tert-OH is 1. The van der Waals surface area contributed by atoms with Gasteiger partial charge in [-0.15, -0.1) is 11.3 Å². The second-order valence-electron chi connectivity index (χ2n) is 18.8. The van der Waals surface area contributed by atoms with Gasteiger partial charge in [0.1, 0.15) is 36.1 Å². The van der Waals surface area contributed by atoms with Gasteiger partial charge < -0.3 is 30.1 Å². The summed E-state index contributed by atoms with van der Waals surface area (Å²) in [6, 6.07) is 13.5. The number of nitrogens with zero attached hydrogens (tertiary/aromatic N) is 3. The van der Waals surface area contributed by atoms with E-state index in [-0.39, 0.29) is 45.1 Å². The number of aromatic nitrogens is 1. The number of ether oxygens (including phenoxy) is 2. The van der Waals surface area contributed by atoms with Gasteiger partial charge in [-0.1, -0.05) is 69.3 Å². The second-order valence-corrected chi connectivity index (χ2v) is 19.6. The highest BCUT2D eigenvalue weighted by Gasteiger charge is 2.46. The van der Waals surface area contributed by atoms with Crippen molar-refractivity contribution in [2.45, 2.75) is 116 Å². The maximum atomic E-state index is 15.9. The Morgan fingerprint density at radius 2 is 1.69 bits per heavy atom. The van der Waals surface area contributed by atoms with Crippen molar-refractivity contribution in [3.63, 3.8) is 0 Å². The number of alkyl halides is 3. The minimum absolute atomic E-state index is 0.0580. The molecule has 1 aromatic heterocycles. The molecule has 67 heavy (non-hydrogen) atoms. The monoisotopic (exact) mass is 951 g/mol. The van der Waals surface area contributed by atoms with Crippen LogP contribution in [0.1, 0.15) is 93.8 Å². The Hall–Kier alpha value is -5.23. The Morgan fingerprint density at radius 3 is 2.36 bits per heavy atom. The van der Waals surface area contributed by atoms with E-state index >= 15 is 8.78 Å². The summed E-state index contributed by atoms with van der Waals surface area (Å²) < 4.78 is 84.6. The fourth-order valence-corrected chi connectivity index (χ4v) is 10.2. The number of rotatable bonds is 17. The van der Waals surface area contributed by atoms with Crippen LogP contribution in [0.4, 0.5) is 22.0 Å². The quantitative estimate of drug-likeness (QED) is 0.0710. The van der Waals surface area contributed by atoms with Crippen molar-refractivity contribution in [1.29, 1.82) is 0 Å². The summed E-state index contributed by atoms with van der Waals surface area (Å²) in [6.45, 7) is 7.79. The van der Waals surface area contributed by atoms with E-state index in [1.54, 1.807) is 44.5 Å². The van der Waals surface area contributed by atoms with Crippen LogP contribution in [-0.4, -0.2) is 101 Å². The lowest BCUT2D eigenvalue weighted by molar-refractivity contribution is -0.155. The molecule has 5 atom stereocenters. The first kappa shape index (κ1) is 49.7. The highest BCUT2D eigenvalue weighted by molar-refractivity contribution is 7.13. The van der Waals surface area contributed by atoms with Crippen LogP contribution in [0.3, 0.4) is 0 Å². The van der Waals surface area contributed by atoms with Crippen LogP contribution in [-0.2, 0) is 32.1 Å². The Labute approximate surface area is 391 Å². The lowest BCUT2D eigenvalue weighted by Gasteiger charge is -2.42. The van der Waals surface area contributed by atoms with Gasteiger partial charge in [0.25, 0.3) is 0 Å². The number of hydrogen-bond acceptors (Lipinski definition) is 9. The molecule has 2 aliphatic heterocycles. The van der Waals surface area contributed by atoms with Crippen LogP contribution >= 0.6 is 11.3 Å². The maximum Gasteiger partial charge on any atom is 0.401 e. The number of β-amino-alcohol motifs (C(OH)–C–C–N with tert-alkyl or cyclic N) is 1. The fourth-order valence-electron chi connectivity index (χ4n) is 9.34. The van der Waals surface area contributed by atoms with Crippen LogP contribution in [0.2, 0.25) is 0 Å². The molecule has 4 aromatic rings. The van der Waals surface area contributed by atoms with Crippen molar-refractivity contribution in [3.05, 3.63) is 111 Å². The SMILES string of the molecule is Cc1ncsc1-c1ccc(CNC(=O)[C@@H]2C[C@@H](O)CN2C(=O)[C@@H](NC(=O)COCCCCCOc2cc(F)c([C@@H]3C4=C(C[C@@H](C)N3CC(F)(F)F)c3ccccc3C4)c(F)c2)C(C)(C)C)cc1. The standard InChI is InChI=1S/C50H58F5N5O6S/c1-29-19-37-36-12-8-7-11-33(36)20-38(37)44(60(29)27-50(53,54)55)43-39(51)22-35(23-40(43)52)66-18-10-6-9-17-65-26-42(62)58-46(49(3,4)5)48(64)59-25-34(61)21-41(59)47(63)56-24-31-13-15-32(16-14-31)45-30(2)57-28-67-45/h7-8,11-16,22-23,28-29,34,41,44,46,61H,6,9-10,17-21,24-27H2,1-5H3,(H,56,63)(H,58,62)/t29-,34-,41+,44+,46-/m1/s1. The van der Waals surface area contributed by atoms with E-state index in [0.717, 1.165) is 55.4 Å². The van der Waals surface area contributed by atoms with Gasteiger partial charge in [0.2, 0.25) is 17.7 Å². The number of hydrogen-bond donors (Lipinski definition) is 3. The van der Waals surface area contributed by atoms with Crippen LogP contribution < -0.4 is 15.4 Å². The number of aliphatic hydroxyl groups is 1. The van der Waals surface area contributed by atoms with E-state index < -0.39 is 83.3 Å². The average Bonchev–Trinajstić information content (AvgIpc) is 3.99. The average molecular weight is 952 g/mol. The zero-order valence-corrected chi connectivity index (χ0v) is 39.2. The highest BCUT2D eigenvalue weighted by atomic mass is 32.1. The van der Waals surface area contributed by atoms with Gasteiger partial charge in [0.15, 0.2) is 0 Å². The summed E-state index contributed by atoms with van der Waals surface area (Å²) in [4.78, 5) is 48.3. The molecule has 0 bridgehead atoms. The van der Waals surface area contributed by atoms with Crippen LogP contribution in [0.25, 0.3) is 16.0 Å². The summed E-state index contributed by atoms with van der Waals surface area (Å²) in [6.07, 6.45) is -3.22. The number of halogens is 5. The molecule has 11 nitrogen and oxygen atoms in total. The molecule has 7 rings (SSSR count). The molecule has 1 aliphatic carbocycles. The molecule has 3 aliphatic rings. The van der Waals surface area contributed by atoms with Gasteiger partial charge in [0.05, 0.1) is 41.4 Å². The number of carbonyl (C=O) groups is 3. The fraction of sp³-hybridized carbons (Fsp3) is 0.480. The molecule has 1 saturated heterocycles. The molecule has 3 N–H and O–H groups in total. The van der Waals surface area contributed by atoms with E-state index in [1.165, 1.54) is 4.90 Å². The van der Waals surface area contributed by atoms with E-state index in [4.69, 9.17) is 9.47 Å². The topological polar surface area (TPSA) is 133 Å². The van der Waals surface area contributed by atoms with Gasteiger partial charge in [0, 0.05) is 49.9 Å². The predicted octanol–water partition coefficient (Wildman–Crippen LogP) is 8.48. The molecular formula is C50H58F5N5O6S. The minimum atomic E-state index is -4.58. The third-order valence-electron chi connectivity index (χ3n) is 12.7. The number of nitrogens with one attached hydrogen (secondary N) is 2. The molecule has 3 aromatic carbocycles. The zero-order valence-electron chi connectivity index (χ0n) is 38.4. The summed E-state index contributed by atoms with van der Waals surface area (Å²) in [7, 11) is 0. The van der Waals surface area contributed by atoms with Crippen molar-refractivity contribution in [2.75, 3.05) is 32.9 Å². The van der Waals surface area contributed by atoms with Crippen molar-refractivity contribution >= 4 is 34.6 Å². The molecule has 0 saturated carbocycles. The first-order valence-electron chi connectivity index (χ1n) is 22.7.